The Labute approximate surface area is 306 Å². The van der Waals surface area contributed by atoms with E-state index in [1.807, 2.05) is 0 Å². The minimum atomic E-state index is -4.27. The summed E-state index contributed by atoms with van der Waals surface area (Å²) in [6.07, 6.45) is 0.409. The van der Waals surface area contributed by atoms with Crippen LogP contribution in [0.15, 0.2) is 57.0 Å². The molecule has 0 atom stereocenters. The summed E-state index contributed by atoms with van der Waals surface area (Å²) in [6.45, 7) is -0.621. The largest absolute Gasteiger partial charge is 0.493 e. The first-order valence-corrected chi connectivity index (χ1v) is 17.6. The van der Waals surface area contributed by atoms with Gasteiger partial charge in [-0.1, -0.05) is 18.2 Å². The third-order valence-corrected chi connectivity index (χ3v) is 9.79. The zero-order valence-electron chi connectivity index (χ0n) is 29.0. The van der Waals surface area contributed by atoms with Crippen LogP contribution in [0, 0.1) is 5.21 Å². The summed E-state index contributed by atoms with van der Waals surface area (Å²) in [5, 5.41) is 17.3. The average Bonchev–Trinajstić information content (AvgIpc) is 3.96. The number of benzene rings is 3. The van der Waals surface area contributed by atoms with E-state index >= 15 is 0 Å². The smallest absolute Gasteiger partial charge is 0.414 e. The van der Waals surface area contributed by atoms with Crippen molar-refractivity contribution in [3.8, 4) is 51.5 Å². The number of hydrogen-bond donors (Lipinski definition) is 1. The van der Waals surface area contributed by atoms with Gasteiger partial charge >= 0.3 is 22.8 Å². The van der Waals surface area contributed by atoms with Crippen LogP contribution in [0.2, 0.25) is 0 Å². The highest BCUT2D eigenvalue weighted by atomic mass is 32.2. The molecule has 20 heteroatoms. The molecule has 2 aliphatic rings. The first-order valence-electron chi connectivity index (χ1n) is 16.2. The maximum atomic E-state index is 13.8. The van der Waals surface area contributed by atoms with Gasteiger partial charge in [0.15, 0.2) is 23.0 Å². The monoisotopic (exact) mass is 771 g/mol. The lowest BCUT2D eigenvalue weighted by Crippen LogP contribution is -2.31. The number of unbranched alkanes of at least 4 members (excludes halogenated alkanes) is 1. The number of amides is 1. The van der Waals surface area contributed by atoms with Crippen LogP contribution in [-0.2, 0) is 24.1 Å². The third-order valence-electron chi connectivity index (χ3n) is 8.07. The summed E-state index contributed by atoms with van der Waals surface area (Å²) in [5.74, 6) is -1.59. The van der Waals surface area contributed by atoms with Crippen molar-refractivity contribution in [3.05, 3.63) is 58.8 Å². The van der Waals surface area contributed by atoms with E-state index in [4.69, 9.17) is 42.6 Å². The molecule has 0 radical (unpaired) electrons. The van der Waals surface area contributed by atoms with Gasteiger partial charge in [-0.3, -0.25) is 14.2 Å². The number of carbonyl (C=O) groups excluding carboxylic acids is 3. The average molecular weight is 772 g/mol. The molecule has 1 amide bonds. The number of methoxy groups -OCH3 is 3. The van der Waals surface area contributed by atoms with Crippen LogP contribution < -0.4 is 43.4 Å². The standard InChI is InChI=1S/C34H33N3O16S/c1-44-22-15-20(25(29-27(22)49-17-51-29)26-21(34(40)46-3)16-23(45-2)28-30(26)52-18-50-28)31(39)35-12-11-24(38)47-13-7-8-14-48-32-33(37(41)53-36-32)54(42,43)19-9-5-4-6-10-19/h4-6,9-10,15-16H,7-8,11-14,17-18H2,1-3H3,(H,35,39). The molecule has 3 heterocycles. The van der Waals surface area contributed by atoms with Crippen LogP contribution in [0.1, 0.15) is 40.0 Å². The van der Waals surface area contributed by atoms with Gasteiger partial charge in [0.05, 0.1) is 62.1 Å². The number of sulfone groups is 1. The van der Waals surface area contributed by atoms with Crippen molar-refractivity contribution in [2.45, 2.75) is 29.2 Å². The molecule has 6 rings (SSSR count). The van der Waals surface area contributed by atoms with E-state index in [0.717, 1.165) is 0 Å². The van der Waals surface area contributed by atoms with E-state index < -0.39 is 38.6 Å². The number of nitrogens with zero attached hydrogens (tertiary/aromatic N) is 2. The lowest BCUT2D eigenvalue weighted by Gasteiger charge is -2.19. The van der Waals surface area contributed by atoms with Crippen LogP contribution in [0.4, 0.5) is 0 Å². The van der Waals surface area contributed by atoms with Gasteiger partial charge in [-0.25, -0.2) is 13.2 Å². The molecule has 2 aliphatic heterocycles. The normalized spacial score (nSPS) is 12.6. The van der Waals surface area contributed by atoms with Gasteiger partial charge in [-0.05, 0) is 42.0 Å². The minimum Gasteiger partial charge on any atom is -0.493 e. The topological polar surface area (TPSA) is 233 Å². The minimum absolute atomic E-state index is 0.00757. The van der Waals surface area contributed by atoms with Gasteiger partial charge in [0.25, 0.3) is 15.7 Å². The van der Waals surface area contributed by atoms with Crippen molar-refractivity contribution in [1.82, 2.24) is 10.5 Å². The molecule has 0 fully saturated rings. The molecule has 3 aromatic carbocycles. The number of esters is 2. The Balaban J connectivity index is 1.08. The summed E-state index contributed by atoms with van der Waals surface area (Å²) in [5.41, 5.74) is 0.220. The van der Waals surface area contributed by atoms with Gasteiger partial charge in [0, 0.05) is 17.7 Å². The molecule has 0 aliphatic carbocycles. The van der Waals surface area contributed by atoms with Crippen LogP contribution in [0.5, 0.6) is 40.4 Å². The van der Waals surface area contributed by atoms with Crippen LogP contribution >= 0.6 is 0 Å². The molecule has 0 saturated heterocycles. The Hall–Kier alpha value is -6.44. The molecule has 19 nitrogen and oxygen atoms in total. The number of nitrogens with one attached hydrogen (secondary N) is 1. The number of rotatable bonds is 16. The predicted molar refractivity (Wildman–Crippen MR) is 179 cm³/mol. The summed E-state index contributed by atoms with van der Waals surface area (Å²) < 4.78 is 79.6. The fourth-order valence-corrected chi connectivity index (χ4v) is 6.87. The molecular weight excluding hydrogens is 738 g/mol. The molecular formula is C34H33N3O16S. The fourth-order valence-electron chi connectivity index (χ4n) is 5.57. The van der Waals surface area contributed by atoms with Crippen molar-refractivity contribution in [2.75, 3.05) is 54.7 Å². The lowest BCUT2D eigenvalue weighted by molar-refractivity contribution is -0.832. The van der Waals surface area contributed by atoms with Gasteiger partial charge in [0.1, 0.15) is 0 Å². The van der Waals surface area contributed by atoms with Gasteiger partial charge in [0.2, 0.25) is 25.1 Å². The van der Waals surface area contributed by atoms with Crippen LogP contribution in [-0.4, -0.2) is 86.1 Å². The SMILES string of the molecule is COC(=O)c1cc(OC)c2c(c1-c1c(C(=O)NCCC(=O)OCCCCOc3no[n+]([O-])c3S(=O)(=O)c3ccccc3)cc(OC)c3c1OCO3)OCO2. The summed E-state index contributed by atoms with van der Waals surface area (Å²) in [6, 6.07) is 10.1. The van der Waals surface area contributed by atoms with Crippen molar-refractivity contribution in [1.29, 1.82) is 0 Å². The second kappa shape index (κ2) is 16.1. The highest BCUT2D eigenvalue weighted by molar-refractivity contribution is 7.91. The molecule has 0 spiro atoms. The summed E-state index contributed by atoms with van der Waals surface area (Å²) >= 11 is 0. The van der Waals surface area contributed by atoms with E-state index in [-0.39, 0.29) is 106 Å². The van der Waals surface area contributed by atoms with Gasteiger partial charge < -0.3 is 53.2 Å². The number of carbonyl (C=O) groups is 3. The van der Waals surface area contributed by atoms with E-state index in [1.165, 1.54) is 57.7 Å². The number of fused-ring (bicyclic) bond motifs is 2. The molecule has 54 heavy (non-hydrogen) atoms. The Kier molecular flexibility index (Phi) is 11.1. The van der Waals surface area contributed by atoms with Gasteiger partial charge in [-0.15, -0.1) is 0 Å². The van der Waals surface area contributed by atoms with Crippen molar-refractivity contribution in [2.24, 2.45) is 0 Å². The lowest BCUT2D eigenvalue weighted by atomic mass is 9.91. The maximum Gasteiger partial charge on any atom is 0.414 e. The Morgan fingerprint density at radius 1 is 0.852 bits per heavy atom. The van der Waals surface area contributed by atoms with Crippen molar-refractivity contribution >= 4 is 27.7 Å². The Morgan fingerprint density at radius 2 is 1.44 bits per heavy atom. The Morgan fingerprint density at radius 3 is 2.07 bits per heavy atom. The zero-order valence-corrected chi connectivity index (χ0v) is 29.8. The van der Waals surface area contributed by atoms with Crippen LogP contribution in [0.3, 0.4) is 0 Å². The number of ether oxygens (including phenoxy) is 9. The molecule has 0 unspecified atom stereocenters. The van der Waals surface area contributed by atoms with E-state index in [2.05, 4.69) is 15.1 Å². The molecule has 0 bridgehead atoms. The zero-order chi connectivity index (χ0) is 38.4. The highest BCUT2D eigenvalue weighted by Gasteiger charge is 2.38. The van der Waals surface area contributed by atoms with Crippen molar-refractivity contribution < 1.29 is 75.0 Å². The van der Waals surface area contributed by atoms with E-state index in [0.29, 0.717) is 12.8 Å². The maximum absolute atomic E-state index is 13.8. The van der Waals surface area contributed by atoms with E-state index in [1.54, 1.807) is 6.07 Å². The van der Waals surface area contributed by atoms with Crippen LogP contribution in [0.25, 0.3) is 11.1 Å². The Bertz CT molecular complexity index is 2170. The summed E-state index contributed by atoms with van der Waals surface area (Å²) in [7, 11) is -0.297. The molecule has 1 N–H and O–H groups in total. The number of aromatic nitrogens is 2. The van der Waals surface area contributed by atoms with Gasteiger partial charge in [-0.2, -0.15) is 0 Å². The quantitative estimate of drug-likeness (QED) is 0.0979. The predicted octanol–water partition coefficient (Wildman–Crippen LogP) is 2.59. The first kappa shape index (κ1) is 37.3. The molecule has 4 aromatic rings. The van der Waals surface area contributed by atoms with Crippen molar-refractivity contribution in [3.63, 3.8) is 0 Å². The molecule has 1 aromatic heterocycles. The van der Waals surface area contributed by atoms with E-state index in [9.17, 15) is 28.0 Å². The fraction of sp³-hybridized carbons (Fsp3) is 0.324. The first-order chi connectivity index (χ1) is 26.1. The molecule has 0 saturated carbocycles. The summed E-state index contributed by atoms with van der Waals surface area (Å²) in [4.78, 5) is 39.0. The second-order valence-electron chi connectivity index (χ2n) is 11.3. The number of hydrogen-bond acceptors (Lipinski definition) is 17. The highest BCUT2D eigenvalue weighted by Crippen LogP contribution is 2.56. The third kappa shape index (κ3) is 7.27. The second-order valence-corrected chi connectivity index (χ2v) is 13.1. The molecule has 286 valence electrons.